The summed E-state index contributed by atoms with van der Waals surface area (Å²) >= 11 is 3.45. The standard InChI is InChI=1S/C27H23F2IN2O3S/c1-3-32-26(33)24(36-27(32)31-21-11-9-20(29)10-12-21)15-18-13-22(30)25(23(14-18)34-4-2)35-16-17-5-7-19(28)8-6-17/h5-15H,3-4,16H2,1-2H3/b24-15+,31-27?. The van der Waals surface area contributed by atoms with Crippen molar-refractivity contribution in [2.24, 2.45) is 4.99 Å². The highest BCUT2D eigenvalue weighted by atomic mass is 127. The first-order chi connectivity index (χ1) is 17.4. The van der Waals surface area contributed by atoms with Crippen molar-refractivity contribution < 1.29 is 23.0 Å². The van der Waals surface area contributed by atoms with Gasteiger partial charge in [0.15, 0.2) is 16.7 Å². The van der Waals surface area contributed by atoms with E-state index in [1.807, 2.05) is 26.0 Å². The number of aliphatic imine (C=N–C) groups is 1. The van der Waals surface area contributed by atoms with Gasteiger partial charge in [-0.3, -0.25) is 9.69 Å². The maximum Gasteiger partial charge on any atom is 0.266 e. The number of carbonyl (C=O) groups is 1. The van der Waals surface area contributed by atoms with Gasteiger partial charge in [-0.05, 0) is 114 Å². The van der Waals surface area contributed by atoms with E-state index in [4.69, 9.17) is 9.47 Å². The number of likely N-dealkylation sites (N-methyl/N-ethyl adjacent to an activating group) is 1. The second kappa shape index (κ2) is 11.9. The number of hydrogen-bond acceptors (Lipinski definition) is 5. The van der Waals surface area contributed by atoms with Crippen LogP contribution >= 0.6 is 34.4 Å². The highest BCUT2D eigenvalue weighted by molar-refractivity contribution is 14.1. The molecule has 0 aromatic heterocycles. The lowest BCUT2D eigenvalue weighted by atomic mass is 10.1. The van der Waals surface area contributed by atoms with E-state index in [2.05, 4.69) is 27.6 Å². The van der Waals surface area contributed by atoms with Crippen molar-refractivity contribution in [1.29, 1.82) is 0 Å². The van der Waals surface area contributed by atoms with Crippen LogP contribution in [0.4, 0.5) is 14.5 Å². The third-order valence-electron chi connectivity index (χ3n) is 5.18. The van der Waals surface area contributed by atoms with Crippen LogP contribution in [0.3, 0.4) is 0 Å². The second-order valence-corrected chi connectivity index (χ2v) is 9.88. The summed E-state index contributed by atoms with van der Waals surface area (Å²) in [5, 5.41) is 0.541. The summed E-state index contributed by atoms with van der Waals surface area (Å²) in [6.45, 7) is 4.93. The number of amidine groups is 1. The zero-order valence-electron chi connectivity index (χ0n) is 19.6. The molecule has 1 aliphatic rings. The molecule has 0 unspecified atom stereocenters. The van der Waals surface area contributed by atoms with E-state index in [1.54, 1.807) is 35.2 Å². The fourth-order valence-corrected chi connectivity index (χ4v) is 5.30. The Morgan fingerprint density at radius 2 is 1.67 bits per heavy atom. The molecule has 1 aliphatic heterocycles. The third kappa shape index (κ3) is 6.25. The van der Waals surface area contributed by atoms with Gasteiger partial charge in [0.05, 0.1) is 20.8 Å². The van der Waals surface area contributed by atoms with Crippen molar-refractivity contribution in [3.8, 4) is 11.5 Å². The quantitative estimate of drug-likeness (QED) is 0.198. The fourth-order valence-electron chi connectivity index (χ4n) is 3.46. The molecule has 9 heteroatoms. The van der Waals surface area contributed by atoms with Gasteiger partial charge in [-0.15, -0.1) is 0 Å². The van der Waals surface area contributed by atoms with Gasteiger partial charge < -0.3 is 9.47 Å². The van der Waals surface area contributed by atoms with Crippen molar-refractivity contribution in [3.63, 3.8) is 0 Å². The van der Waals surface area contributed by atoms with Crippen molar-refractivity contribution >= 4 is 57.2 Å². The summed E-state index contributed by atoms with van der Waals surface area (Å²) in [6, 6.07) is 15.7. The molecule has 0 aliphatic carbocycles. The molecule has 1 amide bonds. The minimum absolute atomic E-state index is 0.145. The highest BCUT2D eigenvalue weighted by Crippen LogP contribution is 2.38. The number of hydrogen-bond donors (Lipinski definition) is 0. The van der Waals surface area contributed by atoms with E-state index < -0.39 is 0 Å². The lowest BCUT2D eigenvalue weighted by Crippen LogP contribution is -2.28. The summed E-state index contributed by atoms with van der Waals surface area (Å²) in [5.74, 6) is 0.358. The number of halogens is 3. The monoisotopic (exact) mass is 620 g/mol. The van der Waals surface area contributed by atoms with Gasteiger partial charge in [0.2, 0.25) is 0 Å². The number of carbonyl (C=O) groups excluding carboxylic acids is 1. The van der Waals surface area contributed by atoms with Crippen LogP contribution in [0.15, 0.2) is 70.6 Å². The SMILES string of the molecule is CCOc1cc(/C=C2/SC(=Nc3ccc(F)cc3)N(CC)C2=O)cc(I)c1OCc1ccc(F)cc1. The van der Waals surface area contributed by atoms with E-state index in [1.165, 1.54) is 36.0 Å². The average Bonchev–Trinajstić information content (AvgIpc) is 3.14. The highest BCUT2D eigenvalue weighted by Gasteiger charge is 2.32. The minimum Gasteiger partial charge on any atom is -0.490 e. The average molecular weight is 620 g/mol. The predicted octanol–water partition coefficient (Wildman–Crippen LogP) is 7.17. The van der Waals surface area contributed by atoms with E-state index in [-0.39, 0.29) is 24.1 Å². The molecule has 1 saturated heterocycles. The van der Waals surface area contributed by atoms with Crippen LogP contribution < -0.4 is 9.47 Å². The number of rotatable bonds is 8. The molecule has 1 fully saturated rings. The Morgan fingerprint density at radius 3 is 2.31 bits per heavy atom. The lowest BCUT2D eigenvalue weighted by Gasteiger charge is -2.15. The zero-order chi connectivity index (χ0) is 25.7. The van der Waals surface area contributed by atoms with Gasteiger partial charge in [0, 0.05) is 6.54 Å². The van der Waals surface area contributed by atoms with Crippen molar-refractivity contribution in [2.45, 2.75) is 20.5 Å². The van der Waals surface area contributed by atoms with Gasteiger partial charge in [-0.1, -0.05) is 12.1 Å². The first kappa shape index (κ1) is 26.2. The maximum atomic E-state index is 13.2. The molecule has 3 aromatic carbocycles. The lowest BCUT2D eigenvalue weighted by molar-refractivity contribution is -0.122. The van der Waals surface area contributed by atoms with Crippen LogP contribution in [-0.4, -0.2) is 29.1 Å². The first-order valence-electron chi connectivity index (χ1n) is 11.3. The van der Waals surface area contributed by atoms with Crippen molar-refractivity contribution in [2.75, 3.05) is 13.2 Å². The Labute approximate surface area is 226 Å². The van der Waals surface area contributed by atoms with Gasteiger partial charge in [-0.2, -0.15) is 0 Å². The molecule has 0 bridgehead atoms. The molecular formula is C27H23F2IN2O3S. The molecular weight excluding hydrogens is 597 g/mol. The summed E-state index contributed by atoms with van der Waals surface area (Å²) in [7, 11) is 0. The number of thioether (sulfide) groups is 1. The van der Waals surface area contributed by atoms with Crippen LogP contribution in [0.5, 0.6) is 11.5 Å². The van der Waals surface area contributed by atoms with Crippen LogP contribution in [0.2, 0.25) is 0 Å². The molecule has 36 heavy (non-hydrogen) atoms. The summed E-state index contributed by atoms with van der Waals surface area (Å²) < 4.78 is 39.1. The molecule has 4 rings (SSSR count). The Bertz CT molecular complexity index is 1310. The van der Waals surface area contributed by atoms with Crippen LogP contribution in [0, 0.1) is 15.2 Å². The smallest absolute Gasteiger partial charge is 0.266 e. The molecule has 0 saturated carbocycles. The van der Waals surface area contributed by atoms with Crippen molar-refractivity contribution in [3.05, 3.63) is 91.9 Å². The van der Waals surface area contributed by atoms with Crippen LogP contribution in [-0.2, 0) is 11.4 Å². The van der Waals surface area contributed by atoms with Gasteiger partial charge >= 0.3 is 0 Å². The molecule has 0 radical (unpaired) electrons. The molecule has 0 atom stereocenters. The van der Waals surface area contributed by atoms with Crippen molar-refractivity contribution in [1.82, 2.24) is 4.90 Å². The molecule has 0 N–H and O–H groups in total. The Balaban J connectivity index is 1.60. The Hall–Kier alpha value is -2.92. The van der Waals surface area contributed by atoms with E-state index >= 15 is 0 Å². The molecule has 1 heterocycles. The molecule has 5 nitrogen and oxygen atoms in total. The van der Waals surface area contributed by atoms with E-state index in [9.17, 15) is 13.6 Å². The molecule has 0 spiro atoms. The zero-order valence-corrected chi connectivity index (χ0v) is 22.6. The third-order valence-corrected chi connectivity index (χ3v) is 6.99. The number of ether oxygens (including phenoxy) is 2. The van der Waals surface area contributed by atoms with Crippen LogP contribution in [0.25, 0.3) is 6.08 Å². The maximum absolute atomic E-state index is 13.2. The van der Waals surface area contributed by atoms with Gasteiger partial charge in [0.25, 0.3) is 5.91 Å². The number of nitrogens with zero attached hydrogens (tertiary/aromatic N) is 2. The molecule has 186 valence electrons. The minimum atomic E-state index is -0.341. The van der Waals surface area contributed by atoms with E-state index in [0.29, 0.717) is 40.4 Å². The topological polar surface area (TPSA) is 51.1 Å². The van der Waals surface area contributed by atoms with E-state index in [0.717, 1.165) is 14.7 Å². The number of amides is 1. The van der Waals surface area contributed by atoms with Crippen LogP contribution in [0.1, 0.15) is 25.0 Å². The van der Waals surface area contributed by atoms with Gasteiger partial charge in [-0.25, -0.2) is 13.8 Å². The molecule has 3 aromatic rings. The summed E-state index contributed by atoms with van der Waals surface area (Å²) in [5.41, 5.74) is 2.19. The predicted molar refractivity (Wildman–Crippen MR) is 148 cm³/mol. The summed E-state index contributed by atoms with van der Waals surface area (Å²) in [6.07, 6.45) is 1.80. The second-order valence-electron chi connectivity index (χ2n) is 7.71. The Morgan fingerprint density at radius 1 is 1.00 bits per heavy atom. The van der Waals surface area contributed by atoms with Gasteiger partial charge in [0.1, 0.15) is 18.2 Å². The fraction of sp³-hybridized carbons (Fsp3) is 0.185. The Kier molecular flexibility index (Phi) is 8.63. The normalized spacial score (nSPS) is 15.7. The number of benzene rings is 3. The largest absolute Gasteiger partial charge is 0.490 e. The summed E-state index contributed by atoms with van der Waals surface area (Å²) in [4.78, 5) is 19.7. The first-order valence-corrected chi connectivity index (χ1v) is 13.2.